The average Bonchev–Trinajstić information content (AvgIpc) is 2.45. The Hall–Kier alpha value is -1.94. The average molecular weight is 274 g/mol. The zero-order chi connectivity index (χ0) is 13.7. The summed E-state index contributed by atoms with van der Waals surface area (Å²) in [6.07, 6.45) is 0. The second kappa shape index (κ2) is 6.29. The molecule has 0 unspecified atom stereocenters. The molecule has 0 amide bonds. The van der Waals surface area contributed by atoms with Crippen LogP contribution in [0.15, 0.2) is 53.4 Å². The summed E-state index contributed by atoms with van der Waals surface area (Å²) in [6, 6.07) is 14.9. The normalized spacial score (nSPS) is 10.2. The third-order valence-corrected chi connectivity index (χ3v) is 3.72. The summed E-state index contributed by atoms with van der Waals surface area (Å²) in [5, 5.41) is 9.78. The van der Waals surface area contributed by atoms with E-state index in [-0.39, 0.29) is 11.3 Å². The number of hydrogen-bond donors (Lipinski definition) is 1. The van der Waals surface area contributed by atoms with Gasteiger partial charge < -0.3 is 9.84 Å². The van der Waals surface area contributed by atoms with Gasteiger partial charge in [-0.2, -0.15) is 0 Å². The van der Waals surface area contributed by atoms with Gasteiger partial charge in [-0.15, -0.1) is 11.8 Å². The first-order valence-corrected chi connectivity index (χ1v) is 6.78. The Morgan fingerprint density at radius 2 is 1.89 bits per heavy atom. The summed E-state index contributed by atoms with van der Waals surface area (Å²) in [6.45, 7) is 0. The molecule has 0 fully saturated rings. The van der Waals surface area contributed by atoms with E-state index >= 15 is 0 Å². The van der Waals surface area contributed by atoms with Gasteiger partial charge in [0, 0.05) is 10.6 Å². The largest absolute Gasteiger partial charge is 0.507 e. The molecule has 2 aromatic rings. The van der Waals surface area contributed by atoms with Crippen LogP contribution in [-0.2, 0) is 10.5 Å². The number of carbonyl (C=O) groups excluding carboxylic acids is 1. The van der Waals surface area contributed by atoms with E-state index in [0.717, 1.165) is 10.5 Å². The number of rotatable bonds is 4. The van der Waals surface area contributed by atoms with Gasteiger partial charge in [-0.25, -0.2) is 4.79 Å². The number of carbonyl (C=O) groups is 1. The lowest BCUT2D eigenvalue weighted by Gasteiger charge is -2.09. The smallest absolute Gasteiger partial charge is 0.341 e. The molecule has 0 aromatic heterocycles. The molecule has 98 valence electrons. The second-order valence-corrected chi connectivity index (χ2v) is 4.95. The van der Waals surface area contributed by atoms with Crippen molar-refractivity contribution in [1.29, 1.82) is 0 Å². The Labute approximate surface area is 116 Å². The lowest BCUT2D eigenvalue weighted by molar-refractivity contribution is 0.0596. The highest BCUT2D eigenvalue weighted by molar-refractivity contribution is 7.98. The van der Waals surface area contributed by atoms with Crippen molar-refractivity contribution in [2.24, 2.45) is 0 Å². The van der Waals surface area contributed by atoms with Gasteiger partial charge in [0.15, 0.2) is 0 Å². The number of hydrogen-bond acceptors (Lipinski definition) is 4. The molecule has 2 rings (SSSR count). The van der Waals surface area contributed by atoms with Crippen LogP contribution in [0.25, 0.3) is 0 Å². The lowest BCUT2D eigenvalue weighted by Crippen LogP contribution is -2.05. The molecule has 0 atom stereocenters. The second-order valence-electron chi connectivity index (χ2n) is 3.90. The lowest BCUT2D eigenvalue weighted by atomic mass is 10.1. The minimum Gasteiger partial charge on any atom is -0.507 e. The third-order valence-electron chi connectivity index (χ3n) is 2.66. The summed E-state index contributed by atoms with van der Waals surface area (Å²) < 4.78 is 4.70. The fourth-order valence-electron chi connectivity index (χ4n) is 1.72. The number of esters is 1. The van der Waals surface area contributed by atoms with Crippen molar-refractivity contribution in [2.45, 2.75) is 10.6 Å². The van der Waals surface area contributed by atoms with Gasteiger partial charge >= 0.3 is 5.97 Å². The molecule has 0 heterocycles. The van der Waals surface area contributed by atoms with E-state index in [1.54, 1.807) is 17.8 Å². The van der Waals surface area contributed by atoms with E-state index in [1.807, 2.05) is 36.4 Å². The maximum atomic E-state index is 11.7. The predicted molar refractivity (Wildman–Crippen MR) is 75.4 cm³/mol. The summed E-state index contributed by atoms with van der Waals surface area (Å²) in [7, 11) is 1.31. The summed E-state index contributed by atoms with van der Waals surface area (Å²) in [5.74, 6) is 0.0443. The SMILES string of the molecule is COC(=O)c1c(O)cccc1CSc1ccccc1. The van der Waals surface area contributed by atoms with E-state index in [1.165, 1.54) is 13.2 Å². The summed E-state index contributed by atoms with van der Waals surface area (Å²) in [5.41, 5.74) is 1.01. The fourth-order valence-corrected chi connectivity index (χ4v) is 2.63. The molecule has 3 nitrogen and oxygen atoms in total. The van der Waals surface area contributed by atoms with Crippen LogP contribution in [0.2, 0.25) is 0 Å². The van der Waals surface area contributed by atoms with Crippen LogP contribution in [0.3, 0.4) is 0 Å². The Kier molecular flexibility index (Phi) is 4.47. The fraction of sp³-hybridized carbons (Fsp3) is 0.133. The highest BCUT2D eigenvalue weighted by Crippen LogP contribution is 2.28. The van der Waals surface area contributed by atoms with Crippen LogP contribution >= 0.6 is 11.8 Å². The number of methoxy groups -OCH3 is 1. The van der Waals surface area contributed by atoms with Crippen molar-refractivity contribution in [3.05, 3.63) is 59.7 Å². The van der Waals surface area contributed by atoms with Gasteiger partial charge in [-0.1, -0.05) is 30.3 Å². The third kappa shape index (κ3) is 3.29. The van der Waals surface area contributed by atoms with Gasteiger partial charge in [0.25, 0.3) is 0 Å². The topological polar surface area (TPSA) is 46.5 Å². The van der Waals surface area contributed by atoms with Crippen molar-refractivity contribution in [3.8, 4) is 5.75 Å². The van der Waals surface area contributed by atoms with Crippen molar-refractivity contribution in [3.63, 3.8) is 0 Å². The molecule has 0 saturated carbocycles. The molecule has 0 bridgehead atoms. The Balaban J connectivity index is 2.21. The number of phenolic OH excluding ortho intramolecular Hbond substituents is 1. The zero-order valence-electron chi connectivity index (χ0n) is 10.5. The van der Waals surface area contributed by atoms with Gasteiger partial charge in [0.2, 0.25) is 0 Å². The van der Waals surface area contributed by atoms with Crippen LogP contribution in [0.4, 0.5) is 0 Å². The van der Waals surface area contributed by atoms with Gasteiger partial charge in [0.05, 0.1) is 7.11 Å². The van der Waals surface area contributed by atoms with Gasteiger partial charge in [-0.05, 0) is 23.8 Å². The molecule has 0 saturated heterocycles. The first kappa shape index (κ1) is 13.5. The number of benzene rings is 2. The van der Waals surface area contributed by atoms with E-state index < -0.39 is 5.97 Å². The van der Waals surface area contributed by atoms with E-state index in [9.17, 15) is 9.90 Å². The van der Waals surface area contributed by atoms with Crippen molar-refractivity contribution < 1.29 is 14.6 Å². The van der Waals surface area contributed by atoms with Gasteiger partial charge in [-0.3, -0.25) is 0 Å². The Bertz CT molecular complexity index is 567. The van der Waals surface area contributed by atoms with Gasteiger partial charge in [0.1, 0.15) is 11.3 Å². The minimum atomic E-state index is -0.512. The van der Waals surface area contributed by atoms with Crippen LogP contribution < -0.4 is 0 Å². The van der Waals surface area contributed by atoms with Crippen LogP contribution in [-0.4, -0.2) is 18.2 Å². The molecule has 2 aromatic carbocycles. The first-order chi connectivity index (χ1) is 9.22. The molecule has 4 heteroatoms. The number of thioether (sulfide) groups is 1. The number of phenols is 1. The Morgan fingerprint density at radius 3 is 2.58 bits per heavy atom. The number of aromatic hydroxyl groups is 1. The number of ether oxygens (including phenoxy) is 1. The first-order valence-electron chi connectivity index (χ1n) is 5.79. The molecule has 0 radical (unpaired) electrons. The molecule has 1 N–H and O–H groups in total. The molecule has 0 aliphatic carbocycles. The monoisotopic (exact) mass is 274 g/mol. The van der Waals surface area contributed by atoms with Crippen LogP contribution in [0.5, 0.6) is 5.75 Å². The molecule has 0 aliphatic heterocycles. The van der Waals surface area contributed by atoms with Crippen LogP contribution in [0, 0.1) is 0 Å². The molecule has 19 heavy (non-hydrogen) atoms. The summed E-state index contributed by atoms with van der Waals surface area (Å²) in [4.78, 5) is 12.8. The van der Waals surface area contributed by atoms with E-state index in [0.29, 0.717) is 5.75 Å². The van der Waals surface area contributed by atoms with Crippen molar-refractivity contribution >= 4 is 17.7 Å². The summed E-state index contributed by atoms with van der Waals surface area (Å²) >= 11 is 1.61. The quantitative estimate of drug-likeness (QED) is 0.685. The molecule has 0 aliphatic rings. The maximum Gasteiger partial charge on any atom is 0.341 e. The standard InChI is InChI=1S/C15H14O3S/c1-18-15(17)14-11(6-5-9-13(14)16)10-19-12-7-3-2-4-8-12/h2-9,16H,10H2,1H3. The zero-order valence-corrected chi connectivity index (χ0v) is 11.3. The molecular formula is C15H14O3S. The predicted octanol–water partition coefficient (Wildman–Crippen LogP) is 3.47. The van der Waals surface area contributed by atoms with E-state index in [2.05, 4.69) is 0 Å². The van der Waals surface area contributed by atoms with Crippen molar-refractivity contribution in [2.75, 3.05) is 7.11 Å². The molecular weight excluding hydrogens is 260 g/mol. The van der Waals surface area contributed by atoms with Crippen molar-refractivity contribution in [1.82, 2.24) is 0 Å². The van der Waals surface area contributed by atoms with Crippen LogP contribution in [0.1, 0.15) is 15.9 Å². The highest BCUT2D eigenvalue weighted by atomic mass is 32.2. The maximum absolute atomic E-state index is 11.7. The van der Waals surface area contributed by atoms with E-state index in [4.69, 9.17) is 4.74 Å². The molecule has 0 spiro atoms. The Morgan fingerprint density at radius 1 is 1.16 bits per heavy atom. The minimum absolute atomic E-state index is 0.0435. The highest BCUT2D eigenvalue weighted by Gasteiger charge is 2.16.